The molecule has 1 aliphatic heterocycles. The Morgan fingerprint density at radius 1 is 1.05 bits per heavy atom. The molecule has 1 heterocycles. The lowest BCUT2D eigenvalue weighted by Gasteiger charge is -2.44. The van der Waals surface area contributed by atoms with Gasteiger partial charge in [0, 0.05) is 36.7 Å². The smallest absolute Gasteiger partial charge is 0.252 e. The highest BCUT2D eigenvalue weighted by atomic mass is 32.2. The van der Waals surface area contributed by atoms with Gasteiger partial charge in [-0.25, -0.2) is 0 Å². The Kier molecular flexibility index (Phi) is 4.81. The van der Waals surface area contributed by atoms with Gasteiger partial charge in [-0.1, -0.05) is 12.8 Å². The normalized spacial score (nSPS) is 28.6. The Morgan fingerprint density at radius 3 is 2.24 bits per heavy atom. The first-order valence-corrected chi connectivity index (χ1v) is 9.64. The molecule has 4 nitrogen and oxygen atoms in total. The number of carbonyl (C=O) groups is 1. The summed E-state index contributed by atoms with van der Waals surface area (Å²) in [6.07, 6.45) is 8.12. The van der Waals surface area contributed by atoms with E-state index in [0.29, 0.717) is 12.8 Å². The molecule has 0 aromatic carbocycles. The first-order valence-electron chi connectivity index (χ1n) is 8.48. The Hall–Kier alpha value is -0.260. The van der Waals surface area contributed by atoms with Gasteiger partial charge in [0.05, 0.1) is 0 Å². The number of carbonyl (C=O) groups excluding carboxylic acids is 1. The van der Waals surface area contributed by atoms with Gasteiger partial charge in [-0.3, -0.25) is 9.69 Å². The van der Waals surface area contributed by atoms with Crippen molar-refractivity contribution >= 4 is 17.7 Å². The van der Waals surface area contributed by atoms with Crippen molar-refractivity contribution in [2.75, 3.05) is 31.1 Å². The lowest BCUT2D eigenvalue weighted by Crippen LogP contribution is -2.58. The Balaban J connectivity index is 1.61. The van der Waals surface area contributed by atoms with E-state index in [1.54, 1.807) is 0 Å². The van der Waals surface area contributed by atoms with Crippen molar-refractivity contribution in [3.8, 4) is 0 Å². The molecule has 2 aliphatic carbocycles. The summed E-state index contributed by atoms with van der Waals surface area (Å²) < 4.78 is 0. The van der Waals surface area contributed by atoms with Crippen LogP contribution >= 0.6 is 11.8 Å². The number of nitrogens with one attached hydrogen (secondary N) is 1. The lowest BCUT2D eigenvalue weighted by molar-refractivity contribution is -0.139. The number of thioether (sulfide) groups is 1. The van der Waals surface area contributed by atoms with Crippen LogP contribution in [0.2, 0.25) is 0 Å². The second kappa shape index (κ2) is 6.47. The van der Waals surface area contributed by atoms with Gasteiger partial charge in [0.1, 0.15) is 5.60 Å². The predicted octanol–water partition coefficient (Wildman–Crippen LogP) is 1.77. The van der Waals surface area contributed by atoms with Crippen molar-refractivity contribution in [1.82, 2.24) is 10.2 Å². The molecule has 21 heavy (non-hydrogen) atoms. The van der Waals surface area contributed by atoms with Gasteiger partial charge in [0.15, 0.2) is 0 Å². The van der Waals surface area contributed by atoms with Crippen molar-refractivity contribution in [3.05, 3.63) is 0 Å². The lowest BCUT2D eigenvalue weighted by atomic mass is 9.93. The highest BCUT2D eigenvalue weighted by Crippen LogP contribution is 2.37. The van der Waals surface area contributed by atoms with E-state index in [1.165, 1.54) is 37.2 Å². The third-order valence-electron chi connectivity index (χ3n) is 5.65. The number of amides is 1. The fourth-order valence-electron chi connectivity index (χ4n) is 4.27. The number of nitrogens with zero attached hydrogens (tertiary/aromatic N) is 1. The fourth-order valence-corrected chi connectivity index (χ4v) is 5.17. The average Bonchev–Trinajstić information content (AvgIpc) is 3.16. The maximum atomic E-state index is 12.4. The zero-order valence-electron chi connectivity index (χ0n) is 12.9. The van der Waals surface area contributed by atoms with Gasteiger partial charge in [-0.15, -0.1) is 0 Å². The van der Waals surface area contributed by atoms with Crippen LogP contribution in [-0.2, 0) is 4.79 Å². The summed E-state index contributed by atoms with van der Waals surface area (Å²) in [6, 6.07) is 0. The van der Waals surface area contributed by atoms with Crippen molar-refractivity contribution < 1.29 is 9.90 Å². The second-order valence-corrected chi connectivity index (χ2v) is 8.18. The summed E-state index contributed by atoms with van der Waals surface area (Å²) in [6.45, 7) is 3.01. The first-order chi connectivity index (χ1) is 10.1. The number of hydrogen-bond acceptors (Lipinski definition) is 4. The van der Waals surface area contributed by atoms with E-state index in [9.17, 15) is 9.90 Å². The van der Waals surface area contributed by atoms with Gasteiger partial charge in [-0.2, -0.15) is 11.8 Å². The topological polar surface area (TPSA) is 52.6 Å². The number of rotatable bonds is 4. The van der Waals surface area contributed by atoms with Crippen molar-refractivity contribution in [2.45, 2.75) is 62.5 Å². The summed E-state index contributed by atoms with van der Waals surface area (Å²) in [5, 5.41) is 13.5. The van der Waals surface area contributed by atoms with Crippen LogP contribution < -0.4 is 5.32 Å². The molecule has 0 aromatic rings. The van der Waals surface area contributed by atoms with Crippen molar-refractivity contribution in [1.29, 1.82) is 0 Å². The Labute approximate surface area is 132 Å². The number of hydrogen-bond donors (Lipinski definition) is 2. The molecule has 5 heteroatoms. The van der Waals surface area contributed by atoms with Crippen molar-refractivity contribution in [3.63, 3.8) is 0 Å². The van der Waals surface area contributed by atoms with Gasteiger partial charge in [0.2, 0.25) is 0 Å². The largest absolute Gasteiger partial charge is 0.380 e. The molecule has 0 radical (unpaired) electrons. The molecule has 1 saturated heterocycles. The van der Waals surface area contributed by atoms with Crippen LogP contribution in [-0.4, -0.2) is 58.2 Å². The fraction of sp³-hybridized carbons (Fsp3) is 0.938. The van der Waals surface area contributed by atoms with Gasteiger partial charge in [-0.05, 0) is 38.5 Å². The molecule has 0 unspecified atom stereocenters. The summed E-state index contributed by atoms with van der Waals surface area (Å²) in [4.78, 5) is 15.0. The molecule has 0 spiro atoms. The highest BCUT2D eigenvalue weighted by molar-refractivity contribution is 7.99. The molecule has 3 rings (SSSR count). The summed E-state index contributed by atoms with van der Waals surface area (Å²) in [7, 11) is 0. The van der Waals surface area contributed by atoms with Crippen LogP contribution in [0.3, 0.4) is 0 Å². The van der Waals surface area contributed by atoms with Crippen LogP contribution in [0.15, 0.2) is 0 Å². The van der Waals surface area contributed by atoms with Gasteiger partial charge >= 0.3 is 0 Å². The second-order valence-electron chi connectivity index (χ2n) is 6.95. The number of aliphatic hydroxyl groups is 1. The maximum Gasteiger partial charge on any atom is 0.252 e. The Morgan fingerprint density at radius 2 is 1.62 bits per heavy atom. The molecule has 1 amide bonds. The highest BCUT2D eigenvalue weighted by Gasteiger charge is 2.43. The van der Waals surface area contributed by atoms with E-state index in [1.807, 2.05) is 11.8 Å². The maximum absolute atomic E-state index is 12.4. The quantitative estimate of drug-likeness (QED) is 0.831. The zero-order valence-corrected chi connectivity index (χ0v) is 13.7. The van der Waals surface area contributed by atoms with Crippen molar-refractivity contribution in [2.24, 2.45) is 0 Å². The van der Waals surface area contributed by atoms with E-state index < -0.39 is 5.60 Å². The minimum Gasteiger partial charge on any atom is -0.380 e. The molecule has 0 bridgehead atoms. The SMILES string of the molecule is O=C(NCC1(N2CCSCC2)CCCC1)C1(O)CCCC1. The zero-order chi connectivity index (χ0) is 14.8. The van der Waals surface area contributed by atoms with E-state index in [0.717, 1.165) is 32.5 Å². The molecule has 0 atom stereocenters. The van der Waals surface area contributed by atoms with E-state index in [2.05, 4.69) is 10.2 Å². The van der Waals surface area contributed by atoms with Crippen LogP contribution in [0.5, 0.6) is 0 Å². The molecule has 2 N–H and O–H groups in total. The monoisotopic (exact) mass is 312 g/mol. The predicted molar refractivity (Wildman–Crippen MR) is 86.5 cm³/mol. The first kappa shape index (κ1) is 15.6. The molecule has 2 saturated carbocycles. The molecular weight excluding hydrogens is 284 g/mol. The molecular formula is C16H28N2O2S. The van der Waals surface area contributed by atoms with Crippen LogP contribution in [0.4, 0.5) is 0 Å². The summed E-state index contributed by atoms with van der Waals surface area (Å²) in [5.74, 6) is 2.29. The van der Waals surface area contributed by atoms with E-state index in [-0.39, 0.29) is 11.4 Å². The third-order valence-corrected chi connectivity index (χ3v) is 6.59. The summed E-state index contributed by atoms with van der Waals surface area (Å²) in [5.41, 5.74) is -0.927. The standard InChI is InChI=1S/C16H28N2O2S/c19-14(16(20)7-3-4-8-16)17-13-15(5-1-2-6-15)18-9-11-21-12-10-18/h20H,1-13H2,(H,17,19). The molecule has 0 aromatic heterocycles. The average molecular weight is 312 g/mol. The molecule has 120 valence electrons. The van der Waals surface area contributed by atoms with Crippen LogP contribution in [0.25, 0.3) is 0 Å². The van der Waals surface area contributed by atoms with Gasteiger partial charge in [0.25, 0.3) is 5.91 Å². The van der Waals surface area contributed by atoms with Crippen LogP contribution in [0, 0.1) is 0 Å². The minimum atomic E-state index is -1.09. The third kappa shape index (κ3) is 3.25. The molecule has 3 aliphatic rings. The summed E-state index contributed by atoms with van der Waals surface area (Å²) >= 11 is 2.03. The van der Waals surface area contributed by atoms with Crippen LogP contribution in [0.1, 0.15) is 51.4 Å². The Bertz CT molecular complexity index is 370. The minimum absolute atomic E-state index is 0.127. The molecule has 3 fully saturated rings. The van der Waals surface area contributed by atoms with E-state index in [4.69, 9.17) is 0 Å². The van der Waals surface area contributed by atoms with E-state index >= 15 is 0 Å². The van der Waals surface area contributed by atoms with Gasteiger partial charge < -0.3 is 10.4 Å².